The molecule has 1 aliphatic carbocycles. The molecule has 5 atom stereocenters. The molecule has 0 amide bonds. The molecule has 1 saturated carbocycles. The molecule has 2 rings (SSSR count). The summed E-state index contributed by atoms with van der Waals surface area (Å²) in [6, 6.07) is 3.10. The highest BCUT2D eigenvalue weighted by Crippen LogP contribution is 2.35. The molecule has 0 aromatic rings. The van der Waals surface area contributed by atoms with E-state index in [-0.39, 0.29) is 5.92 Å². The van der Waals surface area contributed by atoms with Crippen LogP contribution < -0.4 is 0 Å². The minimum atomic E-state index is 0.284. The van der Waals surface area contributed by atoms with Gasteiger partial charge in [-0.25, -0.2) is 0 Å². The molecule has 0 N–H and O–H groups in total. The molecular weight excluding hydrogens is 208 g/mol. The van der Waals surface area contributed by atoms with Gasteiger partial charge in [-0.3, -0.25) is 4.90 Å². The average molecular weight is 234 g/mol. The van der Waals surface area contributed by atoms with Crippen LogP contribution in [0.25, 0.3) is 0 Å². The van der Waals surface area contributed by atoms with Crippen LogP contribution in [0.5, 0.6) is 0 Å². The maximum atomic E-state index is 9.32. The second-order valence-electron chi connectivity index (χ2n) is 6.46. The Morgan fingerprint density at radius 1 is 1.06 bits per heavy atom. The summed E-state index contributed by atoms with van der Waals surface area (Å²) in [7, 11) is 0. The Morgan fingerprint density at radius 3 is 2.47 bits per heavy atom. The largest absolute Gasteiger partial charge is 0.299 e. The summed E-state index contributed by atoms with van der Waals surface area (Å²) in [6.07, 6.45) is 4.90. The van der Waals surface area contributed by atoms with E-state index in [0.29, 0.717) is 6.04 Å². The Balaban J connectivity index is 2.02. The van der Waals surface area contributed by atoms with E-state index in [1.54, 1.807) is 0 Å². The normalized spacial score (nSPS) is 44.2. The highest BCUT2D eigenvalue weighted by Gasteiger charge is 2.35. The van der Waals surface area contributed by atoms with Crippen molar-refractivity contribution in [1.29, 1.82) is 5.26 Å². The smallest absolute Gasteiger partial charge is 0.0672 e. The first-order valence-electron chi connectivity index (χ1n) is 7.25. The number of nitriles is 1. The Morgan fingerprint density at radius 2 is 1.82 bits per heavy atom. The lowest BCUT2D eigenvalue weighted by Crippen LogP contribution is -2.49. The molecule has 96 valence electrons. The van der Waals surface area contributed by atoms with Gasteiger partial charge in [0.2, 0.25) is 0 Å². The first kappa shape index (κ1) is 12.9. The lowest BCUT2D eigenvalue weighted by atomic mass is 9.77. The quantitative estimate of drug-likeness (QED) is 0.696. The van der Waals surface area contributed by atoms with Crippen molar-refractivity contribution in [1.82, 2.24) is 4.90 Å². The highest BCUT2D eigenvalue weighted by molar-refractivity contribution is 4.98. The van der Waals surface area contributed by atoms with Gasteiger partial charge in [0.25, 0.3) is 0 Å². The number of likely N-dealkylation sites (tertiary alicyclic amines) is 1. The van der Waals surface area contributed by atoms with Crippen LogP contribution in [0.3, 0.4) is 0 Å². The second kappa shape index (κ2) is 5.40. The Hall–Kier alpha value is -0.550. The molecule has 2 aliphatic rings. The highest BCUT2D eigenvalue weighted by atomic mass is 15.2. The third kappa shape index (κ3) is 2.83. The minimum absolute atomic E-state index is 0.284. The Labute approximate surface area is 106 Å². The first-order chi connectivity index (χ1) is 8.11. The summed E-state index contributed by atoms with van der Waals surface area (Å²) in [5.41, 5.74) is 0. The third-order valence-electron chi connectivity index (χ3n) is 5.08. The number of piperidine rings is 1. The van der Waals surface area contributed by atoms with Crippen molar-refractivity contribution in [2.75, 3.05) is 13.1 Å². The lowest BCUT2D eigenvalue weighted by molar-refractivity contribution is 0.0478. The van der Waals surface area contributed by atoms with Crippen molar-refractivity contribution < 1.29 is 0 Å². The van der Waals surface area contributed by atoms with Crippen LogP contribution in [-0.4, -0.2) is 24.0 Å². The molecule has 1 heterocycles. The van der Waals surface area contributed by atoms with Gasteiger partial charge in [0, 0.05) is 12.6 Å². The van der Waals surface area contributed by atoms with Gasteiger partial charge >= 0.3 is 0 Å². The topological polar surface area (TPSA) is 27.0 Å². The maximum Gasteiger partial charge on any atom is 0.0672 e. The fourth-order valence-electron chi connectivity index (χ4n) is 3.50. The van der Waals surface area contributed by atoms with Crippen LogP contribution in [0.2, 0.25) is 0 Å². The zero-order valence-electron chi connectivity index (χ0n) is 11.5. The zero-order chi connectivity index (χ0) is 12.4. The van der Waals surface area contributed by atoms with E-state index in [9.17, 15) is 5.26 Å². The second-order valence-corrected chi connectivity index (χ2v) is 6.46. The molecule has 0 spiro atoms. The molecule has 17 heavy (non-hydrogen) atoms. The van der Waals surface area contributed by atoms with Crippen molar-refractivity contribution in [3.05, 3.63) is 0 Å². The molecule has 0 radical (unpaired) electrons. The molecule has 2 fully saturated rings. The molecular formula is C15H26N2. The van der Waals surface area contributed by atoms with E-state index in [0.717, 1.165) is 24.2 Å². The minimum Gasteiger partial charge on any atom is -0.299 e. The summed E-state index contributed by atoms with van der Waals surface area (Å²) in [4.78, 5) is 2.62. The van der Waals surface area contributed by atoms with Crippen LogP contribution in [-0.2, 0) is 0 Å². The van der Waals surface area contributed by atoms with Crippen molar-refractivity contribution >= 4 is 0 Å². The number of hydrogen-bond acceptors (Lipinski definition) is 2. The van der Waals surface area contributed by atoms with E-state index in [4.69, 9.17) is 0 Å². The Kier molecular flexibility index (Phi) is 4.09. The summed E-state index contributed by atoms with van der Waals surface area (Å²) in [5, 5.41) is 9.32. The zero-order valence-corrected chi connectivity index (χ0v) is 11.5. The predicted molar refractivity (Wildman–Crippen MR) is 70.4 cm³/mol. The van der Waals surface area contributed by atoms with Gasteiger partial charge in [0.05, 0.1) is 12.0 Å². The monoisotopic (exact) mass is 234 g/mol. The van der Waals surface area contributed by atoms with E-state index in [1.165, 1.54) is 32.4 Å². The van der Waals surface area contributed by atoms with E-state index in [2.05, 4.69) is 31.7 Å². The summed E-state index contributed by atoms with van der Waals surface area (Å²) >= 11 is 0. The Bertz CT molecular complexity index is 294. The van der Waals surface area contributed by atoms with Crippen molar-refractivity contribution in [2.45, 2.75) is 52.5 Å². The van der Waals surface area contributed by atoms with E-state index in [1.807, 2.05) is 0 Å². The molecule has 1 aliphatic heterocycles. The fourth-order valence-corrected chi connectivity index (χ4v) is 3.50. The average Bonchev–Trinajstić information content (AvgIpc) is 2.32. The van der Waals surface area contributed by atoms with Gasteiger partial charge < -0.3 is 0 Å². The van der Waals surface area contributed by atoms with Gasteiger partial charge in [-0.2, -0.15) is 5.26 Å². The summed E-state index contributed by atoms with van der Waals surface area (Å²) in [5.74, 6) is 2.74. The maximum absolute atomic E-state index is 9.32. The molecule has 0 aromatic carbocycles. The van der Waals surface area contributed by atoms with Crippen LogP contribution in [0.1, 0.15) is 46.5 Å². The number of nitrogens with zero attached hydrogens (tertiary/aromatic N) is 2. The van der Waals surface area contributed by atoms with E-state index < -0.39 is 0 Å². The van der Waals surface area contributed by atoms with Crippen LogP contribution >= 0.6 is 0 Å². The van der Waals surface area contributed by atoms with E-state index >= 15 is 0 Å². The van der Waals surface area contributed by atoms with Crippen LogP contribution in [0.15, 0.2) is 0 Å². The predicted octanol–water partition coefficient (Wildman–Crippen LogP) is 3.29. The van der Waals surface area contributed by atoms with Gasteiger partial charge in [-0.15, -0.1) is 0 Å². The fraction of sp³-hybridized carbons (Fsp3) is 0.933. The molecule has 0 aromatic heterocycles. The first-order valence-corrected chi connectivity index (χ1v) is 7.25. The molecule has 2 heteroatoms. The van der Waals surface area contributed by atoms with Crippen molar-refractivity contribution in [3.8, 4) is 6.07 Å². The number of hydrogen-bond donors (Lipinski definition) is 0. The third-order valence-corrected chi connectivity index (χ3v) is 5.08. The van der Waals surface area contributed by atoms with Crippen molar-refractivity contribution in [2.24, 2.45) is 23.7 Å². The van der Waals surface area contributed by atoms with Gasteiger partial charge in [-0.1, -0.05) is 20.8 Å². The summed E-state index contributed by atoms with van der Waals surface area (Å²) < 4.78 is 0. The molecule has 1 saturated heterocycles. The van der Waals surface area contributed by atoms with Crippen LogP contribution in [0.4, 0.5) is 0 Å². The number of rotatable bonds is 1. The lowest BCUT2D eigenvalue weighted by Gasteiger charge is -2.44. The van der Waals surface area contributed by atoms with Gasteiger partial charge in [0.15, 0.2) is 0 Å². The van der Waals surface area contributed by atoms with Crippen LogP contribution in [0, 0.1) is 35.0 Å². The van der Waals surface area contributed by atoms with Gasteiger partial charge in [0.1, 0.15) is 0 Å². The molecule has 0 bridgehead atoms. The SMILES string of the molecule is CC1CCC(C#N)C(N2CCC(C)C(C)C2)C1. The van der Waals surface area contributed by atoms with Gasteiger partial charge in [-0.05, 0) is 50.0 Å². The summed E-state index contributed by atoms with van der Waals surface area (Å²) in [6.45, 7) is 9.49. The molecule has 5 unspecified atom stereocenters. The standard InChI is InChI=1S/C15H26N2/c1-11-4-5-14(9-16)15(8-11)17-7-6-12(2)13(3)10-17/h11-15H,4-8,10H2,1-3H3. The molecule has 2 nitrogen and oxygen atoms in total. The van der Waals surface area contributed by atoms with Crippen molar-refractivity contribution in [3.63, 3.8) is 0 Å².